The number of esters is 1. The van der Waals surface area contributed by atoms with E-state index in [1.54, 1.807) is 36.4 Å². The number of benzene rings is 2. The fraction of sp³-hybridized carbons (Fsp3) is 0.263. The predicted octanol–water partition coefficient (Wildman–Crippen LogP) is 0.782. The van der Waals surface area contributed by atoms with Crippen LogP contribution in [-0.2, 0) is 27.2 Å². The Balaban J connectivity index is 0.000000271. The molecule has 8 nitrogen and oxygen atoms in total. The molecule has 0 aromatic heterocycles. The summed E-state index contributed by atoms with van der Waals surface area (Å²) in [6.45, 7) is 0. The van der Waals surface area contributed by atoms with Crippen molar-refractivity contribution in [2.24, 2.45) is 11.5 Å². The van der Waals surface area contributed by atoms with Crippen molar-refractivity contribution >= 4 is 11.9 Å². The number of ether oxygens (including phenoxy) is 1. The third-order valence-corrected chi connectivity index (χ3v) is 3.55. The first-order valence-electron chi connectivity index (χ1n) is 8.10. The van der Waals surface area contributed by atoms with Crippen LogP contribution in [0, 0.1) is 0 Å². The molecule has 2 aromatic carbocycles. The molecular weight excluding hydrogens is 352 g/mol. The molecule has 0 aliphatic rings. The quantitative estimate of drug-likeness (QED) is 0.463. The molecule has 146 valence electrons. The number of nitrogens with two attached hydrogens (primary N) is 2. The average molecular weight is 376 g/mol. The Morgan fingerprint density at radius 1 is 0.926 bits per heavy atom. The maximum absolute atomic E-state index is 11.0. The molecule has 0 heterocycles. The topological polar surface area (TPSA) is 156 Å². The smallest absolute Gasteiger partial charge is 0.322 e. The van der Waals surface area contributed by atoms with Crippen LogP contribution in [0.15, 0.2) is 48.5 Å². The van der Waals surface area contributed by atoms with Crippen molar-refractivity contribution in [2.45, 2.75) is 24.9 Å². The maximum Gasteiger partial charge on any atom is 0.322 e. The van der Waals surface area contributed by atoms with E-state index < -0.39 is 24.0 Å². The van der Waals surface area contributed by atoms with Gasteiger partial charge in [0.2, 0.25) is 0 Å². The first-order chi connectivity index (χ1) is 12.7. The number of carbonyl (C=O) groups excluding carboxylic acids is 1. The predicted molar refractivity (Wildman–Crippen MR) is 99.2 cm³/mol. The summed E-state index contributed by atoms with van der Waals surface area (Å²) in [5.41, 5.74) is 12.4. The lowest BCUT2D eigenvalue weighted by Gasteiger charge is -2.08. The second-order valence-electron chi connectivity index (χ2n) is 5.82. The van der Waals surface area contributed by atoms with Crippen LogP contribution in [-0.4, -0.2) is 46.5 Å². The maximum atomic E-state index is 11.0. The van der Waals surface area contributed by atoms with E-state index in [2.05, 4.69) is 4.74 Å². The first kappa shape index (κ1) is 21.9. The number of aliphatic carboxylic acids is 1. The minimum Gasteiger partial charge on any atom is -0.508 e. The van der Waals surface area contributed by atoms with E-state index >= 15 is 0 Å². The van der Waals surface area contributed by atoms with Crippen molar-refractivity contribution in [1.29, 1.82) is 0 Å². The molecule has 0 radical (unpaired) electrons. The zero-order chi connectivity index (χ0) is 20.4. The second-order valence-corrected chi connectivity index (χ2v) is 5.82. The molecule has 0 aliphatic heterocycles. The van der Waals surface area contributed by atoms with E-state index in [0.29, 0.717) is 6.42 Å². The molecule has 2 atom stereocenters. The van der Waals surface area contributed by atoms with E-state index in [1.165, 1.54) is 19.2 Å². The molecule has 0 spiro atoms. The summed E-state index contributed by atoms with van der Waals surface area (Å²) in [4.78, 5) is 21.4. The van der Waals surface area contributed by atoms with Crippen LogP contribution in [0.1, 0.15) is 11.1 Å². The number of rotatable bonds is 6. The Kier molecular flexibility index (Phi) is 8.77. The number of carbonyl (C=O) groups is 2. The van der Waals surface area contributed by atoms with E-state index in [-0.39, 0.29) is 17.9 Å². The van der Waals surface area contributed by atoms with Gasteiger partial charge in [-0.3, -0.25) is 9.59 Å². The lowest BCUT2D eigenvalue weighted by Crippen LogP contribution is -2.33. The third kappa shape index (κ3) is 8.21. The van der Waals surface area contributed by atoms with Crippen LogP contribution in [0.3, 0.4) is 0 Å². The molecule has 27 heavy (non-hydrogen) atoms. The summed E-state index contributed by atoms with van der Waals surface area (Å²) in [5, 5.41) is 26.8. The van der Waals surface area contributed by atoms with E-state index in [4.69, 9.17) is 26.8 Å². The average Bonchev–Trinajstić information content (AvgIpc) is 2.61. The van der Waals surface area contributed by atoms with Gasteiger partial charge in [-0.1, -0.05) is 24.3 Å². The van der Waals surface area contributed by atoms with Crippen LogP contribution in [0.2, 0.25) is 0 Å². The van der Waals surface area contributed by atoms with Gasteiger partial charge in [0.05, 0.1) is 7.11 Å². The molecule has 0 bridgehead atoms. The van der Waals surface area contributed by atoms with Crippen molar-refractivity contribution in [3.05, 3.63) is 59.7 Å². The number of hydrogen-bond donors (Lipinski definition) is 5. The van der Waals surface area contributed by atoms with Gasteiger partial charge in [-0.15, -0.1) is 0 Å². The lowest BCUT2D eigenvalue weighted by molar-refractivity contribution is -0.142. The molecule has 0 saturated heterocycles. The number of methoxy groups -OCH3 is 1. The monoisotopic (exact) mass is 376 g/mol. The number of carboxylic acid groups (broad SMARTS) is 1. The zero-order valence-corrected chi connectivity index (χ0v) is 14.9. The fourth-order valence-electron chi connectivity index (χ4n) is 2.20. The van der Waals surface area contributed by atoms with Gasteiger partial charge >= 0.3 is 11.9 Å². The molecule has 0 aliphatic carbocycles. The number of hydrogen-bond acceptors (Lipinski definition) is 7. The summed E-state index contributed by atoms with van der Waals surface area (Å²) >= 11 is 0. The molecule has 0 amide bonds. The third-order valence-electron chi connectivity index (χ3n) is 3.55. The highest BCUT2D eigenvalue weighted by Crippen LogP contribution is 2.13. The van der Waals surface area contributed by atoms with Crippen LogP contribution in [0.5, 0.6) is 11.5 Å². The Hall–Kier alpha value is -3.10. The summed E-state index contributed by atoms with van der Waals surface area (Å²) in [6, 6.07) is 11.4. The fourth-order valence-corrected chi connectivity index (χ4v) is 2.20. The van der Waals surface area contributed by atoms with Crippen molar-refractivity contribution in [1.82, 2.24) is 0 Å². The Bertz CT molecular complexity index is 765. The molecule has 7 N–H and O–H groups in total. The number of phenols is 2. The minimum atomic E-state index is -1.04. The lowest BCUT2D eigenvalue weighted by atomic mass is 10.1. The number of phenolic OH excluding ortho intramolecular Hbond substituents is 2. The highest BCUT2D eigenvalue weighted by Gasteiger charge is 2.14. The molecular formula is C19H24N2O6. The number of carboxylic acids is 1. The Labute approximate surface area is 157 Å². The van der Waals surface area contributed by atoms with Gasteiger partial charge in [0.25, 0.3) is 0 Å². The standard InChI is InChI=1S/C10H13NO3.C9H11NO3/c1-14-10(13)9(11)6-7-3-2-4-8(12)5-7;10-8(9(12)13)5-6-2-1-3-7(11)4-6/h2-5,9,12H,6,11H2,1H3;1-4,8,11H,5,10H2,(H,12,13)/t9-;8-/m00/s1. The van der Waals surface area contributed by atoms with Gasteiger partial charge < -0.3 is 31.5 Å². The first-order valence-corrected chi connectivity index (χ1v) is 8.10. The molecule has 0 unspecified atom stereocenters. The Morgan fingerprint density at radius 2 is 1.37 bits per heavy atom. The molecule has 8 heteroatoms. The van der Waals surface area contributed by atoms with E-state index in [9.17, 15) is 9.59 Å². The van der Waals surface area contributed by atoms with Gasteiger partial charge in [0, 0.05) is 0 Å². The zero-order valence-electron chi connectivity index (χ0n) is 14.9. The Morgan fingerprint density at radius 3 is 1.74 bits per heavy atom. The van der Waals surface area contributed by atoms with E-state index in [1.807, 2.05) is 0 Å². The molecule has 2 aromatic rings. The second kappa shape index (κ2) is 10.8. The van der Waals surface area contributed by atoms with Crippen LogP contribution >= 0.6 is 0 Å². The van der Waals surface area contributed by atoms with Crippen LogP contribution in [0.4, 0.5) is 0 Å². The van der Waals surface area contributed by atoms with Gasteiger partial charge in [-0.25, -0.2) is 0 Å². The molecule has 2 rings (SSSR count). The minimum absolute atomic E-state index is 0.120. The highest BCUT2D eigenvalue weighted by molar-refractivity contribution is 5.75. The van der Waals surface area contributed by atoms with Crippen molar-refractivity contribution < 1.29 is 29.6 Å². The highest BCUT2D eigenvalue weighted by atomic mass is 16.5. The van der Waals surface area contributed by atoms with Crippen molar-refractivity contribution in [3.8, 4) is 11.5 Å². The van der Waals surface area contributed by atoms with Crippen molar-refractivity contribution in [3.63, 3.8) is 0 Å². The van der Waals surface area contributed by atoms with Crippen molar-refractivity contribution in [2.75, 3.05) is 7.11 Å². The normalized spacial score (nSPS) is 12.3. The number of aromatic hydroxyl groups is 2. The summed E-state index contributed by atoms with van der Waals surface area (Å²) in [7, 11) is 1.30. The van der Waals surface area contributed by atoms with E-state index in [0.717, 1.165) is 11.1 Å². The van der Waals surface area contributed by atoms with Crippen LogP contribution < -0.4 is 11.5 Å². The van der Waals surface area contributed by atoms with Crippen LogP contribution in [0.25, 0.3) is 0 Å². The summed E-state index contributed by atoms with van der Waals surface area (Å²) < 4.78 is 4.49. The largest absolute Gasteiger partial charge is 0.508 e. The summed E-state index contributed by atoms with van der Waals surface area (Å²) in [5.74, 6) is -1.20. The molecule has 0 fully saturated rings. The molecule has 0 saturated carbocycles. The summed E-state index contributed by atoms with van der Waals surface area (Å²) in [6.07, 6.45) is 0.588. The van der Waals surface area contributed by atoms with Gasteiger partial charge in [-0.05, 0) is 48.2 Å². The van der Waals surface area contributed by atoms with Gasteiger partial charge in [0.15, 0.2) is 0 Å². The van der Waals surface area contributed by atoms with Gasteiger partial charge in [0.1, 0.15) is 23.6 Å². The SMILES string of the molecule is COC(=O)[C@@H](N)Cc1cccc(O)c1.N[C@@H](Cc1cccc(O)c1)C(=O)O. The van der Waals surface area contributed by atoms with Gasteiger partial charge in [-0.2, -0.15) is 0 Å².